The second-order valence-corrected chi connectivity index (χ2v) is 4.89. The molecule has 0 amide bonds. The third-order valence-electron chi connectivity index (χ3n) is 3.27. The normalized spacial score (nSPS) is 14.9. The van der Waals surface area contributed by atoms with E-state index in [1.54, 1.807) is 6.07 Å². The molecule has 2 rings (SSSR count). The molecule has 0 radical (unpaired) electrons. The van der Waals surface area contributed by atoms with Crippen molar-refractivity contribution in [2.45, 2.75) is 19.3 Å². The van der Waals surface area contributed by atoms with Crippen LogP contribution in [0.15, 0.2) is 18.2 Å². The summed E-state index contributed by atoms with van der Waals surface area (Å²) in [6.45, 7) is 3.74. The van der Waals surface area contributed by atoms with Gasteiger partial charge in [-0.15, -0.1) is 0 Å². The number of ether oxygens (including phenoxy) is 1. The first kappa shape index (κ1) is 14.8. The van der Waals surface area contributed by atoms with Crippen molar-refractivity contribution in [3.63, 3.8) is 0 Å². The summed E-state index contributed by atoms with van der Waals surface area (Å²) in [5.41, 5.74) is 0.522. The predicted octanol–water partition coefficient (Wildman–Crippen LogP) is 2.03. The Bertz CT molecular complexity index is 487. The largest absolute Gasteiger partial charge is 0.493 e. The zero-order valence-corrected chi connectivity index (χ0v) is 11.6. The zero-order valence-electron chi connectivity index (χ0n) is 11.6. The fourth-order valence-electron chi connectivity index (χ4n) is 2.34. The van der Waals surface area contributed by atoms with Crippen molar-refractivity contribution in [1.29, 1.82) is 0 Å². The SMILES string of the molecule is OCC#Cc1cc(F)cc(OCCCN2CCCC2)c1. The molecule has 1 N–H and O–H groups in total. The lowest BCUT2D eigenvalue weighted by molar-refractivity contribution is 0.262. The van der Waals surface area contributed by atoms with Gasteiger partial charge in [0.25, 0.3) is 0 Å². The van der Waals surface area contributed by atoms with Crippen molar-refractivity contribution in [3.05, 3.63) is 29.6 Å². The fourth-order valence-corrected chi connectivity index (χ4v) is 2.34. The third kappa shape index (κ3) is 4.84. The van der Waals surface area contributed by atoms with Gasteiger partial charge < -0.3 is 14.7 Å². The second-order valence-electron chi connectivity index (χ2n) is 4.89. The first-order chi connectivity index (χ1) is 9.78. The second kappa shape index (κ2) is 7.88. The molecule has 1 aliphatic heterocycles. The molecule has 108 valence electrons. The van der Waals surface area contributed by atoms with Crippen LogP contribution in [0.4, 0.5) is 4.39 Å². The average molecular weight is 277 g/mol. The lowest BCUT2D eigenvalue weighted by Gasteiger charge is -2.14. The van der Waals surface area contributed by atoms with Gasteiger partial charge >= 0.3 is 0 Å². The summed E-state index contributed by atoms with van der Waals surface area (Å²) in [4.78, 5) is 2.42. The third-order valence-corrected chi connectivity index (χ3v) is 3.27. The predicted molar refractivity (Wildman–Crippen MR) is 76.1 cm³/mol. The van der Waals surface area contributed by atoms with Crippen LogP contribution in [0.25, 0.3) is 0 Å². The molecule has 3 nitrogen and oxygen atoms in total. The van der Waals surface area contributed by atoms with Crippen LogP contribution in [0.1, 0.15) is 24.8 Å². The molecular weight excluding hydrogens is 257 g/mol. The van der Waals surface area contributed by atoms with E-state index in [0.29, 0.717) is 17.9 Å². The van der Waals surface area contributed by atoms with Crippen LogP contribution in [-0.2, 0) is 0 Å². The van der Waals surface area contributed by atoms with Crippen molar-refractivity contribution in [2.75, 3.05) is 32.8 Å². The van der Waals surface area contributed by atoms with Crippen LogP contribution >= 0.6 is 0 Å². The Balaban J connectivity index is 1.80. The summed E-state index contributed by atoms with van der Waals surface area (Å²) in [5, 5.41) is 8.64. The van der Waals surface area contributed by atoms with Gasteiger partial charge in [0.1, 0.15) is 18.2 Å². The Labute approximate surface area is 119 Å². The number of hydrogen-bond acceptors (Lipinski definition) is 3. The molecule has 20 heavy (non-hydrogen) atoms. The summed E-state index contributed by atoms with van der Waals surface area (Å²) in [5.74, 6) is 5.31. The number of rotatable bonds is 5. The topological polar surface area (TPSA) is 32.7 Å². The Morgan fingerprint density at radius 1 is 1.25 bits per heavy atom. The minimum Gasteiger partial charge on any atom is -0.493 e. The molecule has 1 saturated heterocycles. The van der Waals surface area contributed by atoms with Crippen LogP contribution in [0.3, 0.4) is 0 Å². The molecule has 0 atom stereocenters. The zero-order chi connectivity index (χ0) is 14.2. The van der Waals surface area contributed by atoms with Crippen molar-refractivity contribution >= 4 is 0 Å². The van der Waals surface area contributed by atoms with E-state index in [2.05, 4.69) is 16.7 Å². The highest BCUT2D eigenvalue weighted by Crippen LogP contribution is 2.16. The first-order valence-electron chi connectivity index (χ1n) is 7.03. The maximum absolute atomic E-state index is 13.4. The minimum absolute atomic E-state index is 0.234. The van der Waals surface area contributed by atoms with E-state index in [4.69, 9.17) is 9.84 Å². The maximum atomic E-state index is 13.4. The quantitative estimate of drug-likeness (QED) is 0.660. The van der Waals surface area contributed by atoms with Crippen LogP contribution in [0.2, 0.25) is 0 Å². The summed E-state index contributed by atoms with van der Waals surface area (Å²) < 4.78 is 19.0. The van der Waals surface area contributed by atoms with E-state index in [0.717, 1.165) is 13.0 Å². The van der Waals surface area contributed by atoms with E-state index in [9.17, 15) is 4.39 Å². The van der Waals surface area contributed by atoms with Crippen LogP contribution < -0.4 is 4.74 Å². The maximum Gasteiger partial charge on any atom is 0.128 e. The van der Waals surface area contributed by atoms with Gasteiger partial charge in [-0.1, -0.05) is 11.8 Å². The van der Waals surface area contributed by atoms with Gasteiger partial charge in [0.05, 0.1) is 6.61 Å². The van der Waals surface area contributed by atoms with Crippen molar-refractivity contribution < 1.29 is 14.2 Å². The standard InChI is InChI=1S/C16H20FNO2/c17-15-11-14(5-3-9-19)12-16(13-15)20-10-4-8-18-6-1-2-7-18/h11-13,19H,1-2,4,6-10H2. The first-order valence-corrected chi connectivity index (χ1v) is 7.03. The fraction of sp³-hybridized carbons (Fsp3) is 0.500. The van der Waals surface area contributed by atoms with Crippen molar-refractivity contribution in [2.24, 2.45) is 0 Å². The highest BCUT2D eigenvalue weighted by atomic mass is 19.1. The Morgan fingerprint density at radius 3 is 2.80 bits per heavy atom. The Hall–Kier alpha value is -1.57. The minimum atomic E-state index is -0.371. The molecule has 0 spiro atoms. The van der Waals surface area contributed by atoms with Gasteiger partial charge in [-0.3, -0.25) is 0 Å². The molecule has 0 aliphatic carbocycles. The number of likely N-dealkylation sites (tertiary alicyclic amines) is 1. The number of hydrogen-bond donors (Lipinski definition) is 1. The number of aliphatic hydroxyl groups is 1. The van der Waals surface area contributed by atoms with E-state index >= 15 is 0 Å². The Morgan fingerprint density at radius 2 is 2.05 bits per heavy atom. The molecule has 0 unspecified atom stereocenters. The molecule has 4 heteroatoms. The van der Waals surface area contributed by atoms with Gasteiger partial charge in [0.15, 0.2) is 0 Å². The molecule has 1 heterocycles. The molecule has 1 aromatic rings. The number of halogens is 1. The van der Waals surface area contributed by atoms with Gasteiger partial charge in [0, 0.05) is 18.2 Å². The monoisotopic (exact) mass is 277 g/mol. The molecule has 1 fully saturated rings. The summed E-state index contributed by atoms with van der Waals surface area (Å²) in [6, 6.07) is 4.39. The average Bonchev–Trinajstić information content (AvgIpc) is 2.94. The van der Waals surface area contributed by atoms with Gasteiger partial charge in [-0.25, -0.2) is 4.39 Å². The molecule has 0 aromatic heterocycles. The van der Waals surface area contributed by atoms with Gasteiger partial charge in [0.2, 0.25) is 0 Å². The van der Waals surface area contributed by atoms with Crippen molar-refractivity contribution in [1.82, 2.24) is 4.90 Å². The lowest BCUT2D eigenvalue weighted by Crippen LogP contribution is -2.21. The highest BCUT2D eigenvalue weighted by molar-refractivity contribution is 5.40. The van der Waals surface area contributed by atoms with E-state index in [-0.39, 0.29) is 12.4 Å². The summed E-state index contributed by atoms with van der Waals surface area (Å²) >= 11 is 0. The number of aliphatic hydroxyl groups excluding tert-OH is 1. The molecule has 0 bridgehead atoms. The number of benzene rings is 1. The number of nitrogens with zero attached hydrogens (tertiary/aromatic N) is 1. The van der Waals surface area contributed by atoms with Crippen LogP contribution in [-0.4, -0.2) is 42.9 Å². The molecule has 0 saturated carbocycles. The van der Waals surface area contributed by atoms with Crippen LogP contribution in [0.5, 0.6) is 5.75 Å². The van der Waals surface area contributed by atoms with Gasteiger partial charge in [-0.2, -0.15) is 0 Å². The van der Waals surface area contributed by atoms with Crippen LogP contribution in [0, 0.1) is 17.7 Å². The summed E-state index contributed by atoms with van der Waals surface area (Å²) in [6.07, 6.45) is 3.52. The highest BCUT2D eigenvalue weighted by Gasteiger charge is 2.10. The van der Waals surface area contributed by atoms with E-state index < -0.39 is 0 Å². The van der Waals surface area contributed by atoms with Gasteiger partial charge in [-0.05, 0) is 44.5 Å². The smallest absolute Gasteiger partial charge is 0.128 e. The van der Waals surface area contributed by atoms with Crippen molar-refractivity contribution in [3.8, 4) is 17.6 Å². The van der Waals surface area contributed by atoms with E-state index in [1.807, 2.05) is 0 Å². The van der Waals surface area contributed by atoms with E-state index in [1.165, 1.54) is 38.1 Å². The Kier molecular flexibility index (Phi) is 5.85. The molecule has 1 aromatic carbocycles. The lowest BCUT2D eigenvalue weighted by atomic mass is 10.2. The molecular formula is C16H20FNO2. The summed E-state index contributed by atoms with van der Waals surface area (Å²) in [7, 11) is 0. The molecule has 1 aliphatic rings.